The second kappa shape index (κ2) is 6.43. The third-order valence-electron chi connectivity index (χ3n) is 4.06. The minimum Gasteiger partial charge on any atom is -0.343 e. The number of nitrogens with zero attached hydrogens (tertiary/aromatic N) is 3. The highest BCUT2D eigenvalue weighted by Crippen LogP contribution is 2.30. The second-order valence-electron chi connectivity index (χ2n) is 7.33. The lowest BCUT2D eigenvalue weighted by Gasteiger charge is -2.32. The molecule has 0 saturated carbocycles. The molecule has 0 aliphatic carbocycles. The molecule has 6 heteroatoms. The predicted octanol–water partition coefficient (Wildman–Crippen LogP) is 3.94. The van der Waals surface area contributed by atoms with Gasteiger partial charge in [0.2, 0.25) is 17.6 Å². The molecule has 3 rings (SSSR count). The Morgan fingerprint density at radius 2 is 2.13 bits per heavy atom. The van der Waals surface area contributed by atoms with E-state index >= 15 is 0 Å². The summed E-state index contributed by atoms with van der Waals surface area (Å²) in [4.78, 5) is 19.8. The topological polar surface area (TPSA) is 59.2 Å². The van der Waals surface area contributed by atoms with Gasteiger partial charge in [0, 0.05) is 25.4 Å². The van der Waals surface area contributed by atoms with Crippen LogP contribution >= 0.6 is 11.3 Å². The molecular formula is C17H23N3O2S. The highest BCUT2D eigenvalue weighted by Gasteiger charge is 2.29. The van der Waals surface area contributed by atoms with Gasteiger partial charge in [0.15, 0.2) is 0 Å². The van der Waals surface area contributed by atoms with Gasteiger partial charge in [0.05, 0.1) is 4.88 Å². The number of piperidine rings is 1. The summed E-state index contributed by atoms with van der Waals surface area (Å²) in [6, 6.07) is 3.97. The third kappa shape index (κ3) is 3.99. The normalized spacial score (nSPS) is 16.7. The number of carbonyl (C=O) groups is 1. The Balaban J connectivity index is 1.58. The number of thiophene rings is 1. The summed E-state index contributed by atoms with van der Waals surface area (Å²) in [6.45, 7) is 7.85. The first-order chi connectivity index (χ1) is 10.9. The van der Waals surface area contributed by atoms with Crippen molar-refractivity contribution in [3.8, 4) is 10.7 Å². The van der Waals surface area contributed by atoms with Crippen LogP contribution in [0.2, 0.25) is 0 Å². The Hall–Kier alpha value is -1.69. The Bertz CT molecular complexity index is 650. The quantitative estimate of drug-likeness (QED) is 0.853. The summed E-state index contributed by atoms with van der Waals surface area (Å²) < 4.78 is 5.45. The van der Waals surface area contributed by atoms with E-state index in [4.69, 9.17) is 4.52 Å². The van der Waals surface area contributed by atoms with E-state index in [1.54, 1.807) is 11.3 Å². The van der Waals surface area contributed by atoms with Gasteiger partial charge in [-0.25, -0.2) is 0 Å². The molecule has 1 fully saturated rings. The van der Waals surface area contributed by atoms with Crippen molar-refractivity contribution in [3.63, 3.8) is 0 Å². The van der Waals surface area contributed by atoms with Crippen molar-refractivity contribution in [3.05, 3.63) is 23.4 Å². The average Bonchev–Trinajstić information content (AvgIpc) is 3.17. The van der Waals surface area contributed by atoms with Gasteiger partial charge in [0.25, 0.3) is 0 Å². The van der Waals surface area contributed by atoms with Crippen LogP contribution in [0, 0.1) is 5.41 Å². The number of carbonyl (C=O) groups excluding carboxylic acids is 1. The van der Waals surface area contributed by atoms with E-state index in [1.807, 2.05) is 22.4 Å². The van der Waals surface area contributed by atoms with Crippen LogP contribution in [-0.4, -0.2) is 34.0 Å². The number of likely N-dealkylation sites (tertiary alicyclic amines) is 1. The number of hydrogen-bond acceptors (Lipinski definition) is 5. The van der Waals surface area contributed by atoms with Gasteiger partial charge < -0.3 is 9.42 Å². The molecule has 2 aromatic heterocycles. The van der Waals surface area contributed by atoms with Gasteiger partial charge in [-0.15, -0.1) is 11.3 Å². The van der Waals surface area contributed by atoms with Gasteiger partial charge >= 0.3 is 0 Å². The SMILES string of the molecule is CC(C)(C)CC(=O)N1CCC(c2nc(-c3cccs3)no2)CC1. The Morgan fingerprint density at radius 1 is 1.39 bits per heavy atom. The minimum absolute atomic E-state index is 0.0377. The van der Waals surface area contributed by atoms with E-state index in [0.717, 1.165) is 30.8 Å². The van der Waals surface area contributed by atoms with Crippen LogP contribution in [0.25, 0.3) is 10.7 Å². The summed E-state index contributed by atoms with van der Waals surface area (Å²) in [5.74, 6) is 1.88. The van der Waals surface area contributed by atoms with Crippen molar-refractivity contribution >= 4 is 17.2 Å². The monoisotopic (exact) mass is 333 g/mol. The largest absolute Gasteiger partial charge is 0.343 e. The highest BCUT2D eigenvalue weighted by molar-refractivity contribution is 7.13. The second-order valence-corrected chi connectivity index (χ2v) is 8.27. The van der Waals surface area contributed by atoms with Crippen molar-refractivity contribution in [2.24, 2.45) is 5.41 Å². The molecule has 23 heavy (non-hydrogen) atoms. The zero-order valence-electron chi connectivity index (χ0n) is 13.9. The lowest BCUT2D eigenvalue weighted by atomic mass is 9.90. The first kappa shape index (κ1) is 16.2. The van der Waals surface area contributed by atoms with E-state index in [0.29, 0.717) is 18.1 Å². The van der Waals surface area contributed by atoms with Crippen molar-refractivity contribution in [1.82, 2.24) is 15.0 Å². The zero-order chi connectivity index (χ0) is 16.4. The van der Waals surface area contributed by atoms with E-state index in [1.165, 1.54) is 0 Å². The molecule has 1 amide bonds. The Morgan fingerprint density at radius 3 is 2.74 bits per heavy atom. The van der Waals surface area contributed by atoms with Crippen molar-refractivity contribution in [2.75, 3.05) is 13.1 Å². The molecule has 0 unspecified atom stereocenters. The molecule has 1 aliphatic rings. The number of rotatable bonds is 3. The lowest BCUT2D eigenvalue weighted by Crippen LogP contribution is -2.39. The predicted molar refractivity (Wildman–Crippen MR) is 90.2 cm³/mol. The Labute approximate surface area is 140 Å². The van der Waals surface area contributed by atoms with Crippen LogP contribution in [0.4, 0.5) is 0 Å². The van der Waals surface area contributed by atoms with Crippen molar-refractivity contribution < 1.29 is 9.32 Å². The Kier molecular flexibility index (Phi) is 4.53. The van der Waals surface area contributed by atoms with Gasteiger partial charge in [-0.1, -0.05) is 32.0 Å². The highest BCUT2D eigenvalue weighted by atomic mass is 32.1. The molecule has 0 spiro atoms. The molecule has 5 nitrogen and oxygen atoms in total. The van der Waals surface area contributed by atoms with Crippen LogP contribution in [-0.2, 0) is 4.79 Å². The van der Waals surface area contributed by atoms with Gasteiger partial charge in [0.1, 0.15) is 0 Å². The molecule has 0 N–H and O–H groups in total. The number of aromatic nitrogens is 2. The van der Waals surface area contributed by atoms with Crippen molar-refractivity contribution in [2.45, 2.75) is 46.0 Å². The molecule has 1 aliphatic heterocycles. The summed E-state index contributed by atoms with van der Waals surface area (Å²) in [5, 5.41) is 6.08. The fourth-order valence-corrected chi connectivity index (χ4v) is 3.50. The minimum atomic E-state index is 0.0377. The molecule has 1 saturated heterocycles. The molecule has 0 bridgehead atoms. The van der Waals surface area contributed by atoms with Crippen LogP contribution < -0.4 is 0 Å². The molecule has 0 atom stereocenters. The fourth-order valence-electron chi connectivity index (χ4n) is 2.85. The maximum atomic E-state index is 12.3. The average molecular weight is 333 g/mol. The molecule has 124 valence electrons. The molecule has 0 radical (unpaired) electrons. The third-order valence-corrected chi connectivity index (χ3v) is 4.93. The van der Waals surface area contributed by atoms with E-state index < -0.39 is 0 Å². The van der Waals surface area contributed by atoms with Gasteiger partial charge in [-0.3, -0.25) is 4.79 Å². The van der Waals surface area contributed by atoms with Crippen LogP contribution in [0.5, 0.6) is 0 Å². The van der Waals surface area contributed by atoms with Gasteiger partial charge in [-0.05, 0) is 29.7 Å². The number of hydrogen-bond donors (Lipinski definition) is 0. The van der Waals surface area contributed by atoms with E-state index in [2.05, 4.69) is 30.9 Å². The first-order valence-corrected chi connectivity index (χ1v) is 8.95. The van der Waals surface area contributed by atoms with Crippen molar-refractivity contribution in [1.29, 1.82) is 0 Å². The summed E-state index contributed by atoms with van der Waals surface area (Å²) in [6.07, 6.45) is 2.38. The number of amides is 1. The standard InChI is InChI=1S/C17H23N3O2S/c1-17(2,3)11-14(21)20-8-6-12(7-9-20)16-18-15(19-22-16)13-5-4-10-23-13/h4-5,10,12H,6-9,11H2,1-3H3. The zero-order valence-corrected chi connectivity index (χ0v) is 14.7. The van der Waals surface area contributed by atoms with E-state index in [9.17, 15) is 4.79 Å². The maximum absolute atomic E-state index is 12.3. The van der Waals surface area contributed by atoms with Crippen LogP contribution in [0.15, 0.2) is 22.0 Å². The summed E-state index contributed by atoms with van der Waals surface area (Å²) in [7, 11) is 0. The van der Waals surface area contributed by atoms with Crippen LogP contribution in [0.3, 0.4) is 0 Å². The van der Waals surface area contributed by atoms with E-state index in [-0.39, 0.29) is 17.2 Å². The molecule has 3 heterocycles. The summed E-state index contributed by atoms with van der Waals surface area (Å²) in [5.41, 5.74) is 0.0377. The maximum Gasteiger partial charge on any atom is 0.230 e. The first-order valence-electron chi connectivity index (χ1n) is 8.08. The molecule has 0 aromatic carbocycles. The summed E-state index contributed by atoms with van der Waals surface area (Å²) >= 11 is 1.61. The van der Waals surface area contributed by atoms with Gasteiger partial charge in [-0.2, -0.15) is 4.98 Å². The molecule has 2 aromatic rings. The fraction of sp³-hybridized carbons (Fsp3) is 0.588. The van der Waals surface area contributed by atoms with Crippen LogP contribution in [0.1, 0.15) is 51.8 Å². The smallest absolute Gasteiger partial charge is 0.230 e. The lowest BCUT2D eigenvalue weighted by molar-refractivity contribution is -0.134. The molecular weight excluding hydrogens is 310 g/mol.